The van der Waals surface area contributed by atoms with Crippen LogP contribution in [0.5, 0.6) is 0 Å². The Morgan fingerprint density at radius 1 is 1.19 bits per heavy atom. The number of hydrogen-bond donors (Lipinski definition) is 1. The molecule has 1 amide bonds. The predicted octanol–water partition coefficient (Wildman–Crippen LogP) is 1.62. The highest BCUT2D eigenvalue weighted by Crippen LogP contribution is 2.09. The van der Waals surface area contributed by atoms with E-state index in [-0.39, 0.29) is 5.91 Å². The first-order valence-electron chi connectivity index (χ1n) is 6.93. The minimum Gasteiger partial charge on any atom is -0.424 e. The SMILES string of the molecule is CCc1nnc(CN(C)Cc2ccc(C(=O)NC)cc2)o1. The van der Waals surface area contributed by atoms with Gasteiger partial charge in [-0.15, -0.1) is 10.2 Å². The zero-order valence-corrected chi connectivity index (χ0v) is 12.6. The van der Waals surface area contributed by atoms with E-state index < -0.39 is 0 Å². The van der Waals surface area contributed by atoms with E-state index in [1.54, 1.807) is 7.05 Å². The Balaban J connectivity index is 1.92. The molecule has 1 aromatic carbocycles. The highest BCUT2D eigenvalue weighted by Gasteiger charge is 2.09. The second kappa shape index (κ2) is 6.99. The van der Waals surface area contributed by atoms with Gasteiger partial charge in [0, 0.05) is 25.6 Å². The van der Waals surface area contributed by atoms with Crippen molar-refractivity contribution in [2.24, 2.45) is 0 Å². The Kier molecular flexibility index (Phi) is 5.05. The number of rotatable bonds is 6. The first-order chi connectivity index (χ1) is 10.1. The summed E-state index contributed by atoms with van der Waals surface area (Å²) in [5.41, 5.74) is 1.79. The van der Waals surface area contributed by atoms with Gasteiger partial charge in [-0.05, 0) is 24.7 Å². The van der Waals surface area contributed by atoms with Crippen molar-refractivity contribution in [1.29, 1.82) is 0 Å². The molecule has 6 heteroatoms. The molecule has 0 unspecified atom stereocenters. The lowest BCUT2D eigenvalue weighted by Crippen LogP contribution is -2.19. The van der Waals surface area contributed by atoms with E-state index in [0.29, 0.717) is 23.9 Å². The average Bonchev–Trinajstić information content (AvgIpc) is 2.94. The van der Waals surface area contributed by atoms with Crippen LogP contribution in [-0.2, 0) is 19.5 Å². The second-order valence-corrected chi connectivity index (χ2v) is 4.89. The Hall–Kier alpha value is -2.21. The van der Waals surface area contributed by atoms with Crippen LogP contribution in [-0.4, -0.2) is 35.1 Å². The fraction of sp³-hybridized carbons (Fsp3) is 0.400. The van der Waals surface area contributed by atoms with Crippen LogP contribution in [0.4, 0.5) is 0 Å². The predicted molar refractivity (Wildman–Crippen MR) is 78.7 cm³/mol. The van der Waals surface area contributed by atoms with Gasteiger partial charge in [-0.2, -0.15) is 0 Å². The van der Waals surface area contributed by atoms with Crippen LogP contribution >= 0.6 is 0 Å². The van der Waals surface area contributed by atoms with Crippen LogP contribution in [0, 0.1) is 0 Å². The Morgan fingerprint density at radius 3 is 2.43 bits per heavy atom. The molecule has 6 nitrogen and oxygen atoms in total. The maximum absolute atomic E-state index is 11.5. The summed E-state index contributed by atoms with van der Waals surface area (Å²) in [7, 11) is 3.61. The van der Waals surface area contributed by atoms with Gasteiger partial charge in [0.2, 0.25) is 11.8 Å². The van der Waals surface area contributed by atoms with Crippen molar-refractivity contribution >= 4 is 5.91 Å². The van der Waals surface area contributed by atoms with Crippen molar-refractivity contribution in [2.75, 3.05) is 14.1 Å². The van der Waals surface area contributed by atoms with Crippen molar-refractivity contribution in [1.82, 2.24) is 20.4 Å². The van der Waals surface area contributed by atoms with Gasteiger partial charge >= 0.3 is 0 Å². The Labute approximate surface area is 124 Å². The summed E-state index contributed by atoms with van der Waals surface area (Å²) >= 11 is 0. The fourth-order valence-corrected chi connectivity index (χ4v) is 2.00. The van der Waals surface area contributed by atoms with Gasteiger partial charge in [0.05, 0.1) is 6.54 Å². The van der Waals surface area contributed by atoms with Crippen molar-refractivity contribution in [2.45, 2.75) is 26.4 Å². The molecular formula is C15H20N4O2. The van der Waals surface area contributed by atoms with E-state index in [2.05, 4.69) is 20.4 Å². The molecule has 1 N–H and O–H groups in total. The highest BCUT2D eigenvalue weighted by atomic mass is 16.4. The van der Waals surface area contributed by atoms with Crippen LogP contribution in [0.15, 0.2) is 28.7 Å². The molecule has 112 valence electrons. The normalized spacial score (nSPS) is 10.9. The molecule has 0 saturated carbocycles. The lowest BCUT2D eigenvalue weighted by Gasteiger charge is -2.14. The smallest absolute Gasteiger partial charge is 0.251 e. The van der Waals surface area contributed by atoms with Crippen molar-refractivity contribution in [3.63, 3.8) is 0 Å². The number of nitrogens with one attached hydrogen (secondary N) is 1. The molecule has 0 saturated heterocycles. The van der Waals surface area contributed by atoms with Gasteiger partial charge in [0.15, 0.2) is 0 Å². The van der Waals surface area contributed by atoms with Crippen molar-refractivity contribution in [3.8, 4) is 0 Å². The monoisotopic (exact) mass is 288 g/mol. The number of amides is 1. The zero-order chi connectivity index (χ0) is 15.2. The fourth-order valence-electron chi connectivity index (χ4n) is 2.00. The number of carbonyl (C=O) groups is 1. The molecule has 1 aromatic heterocycles. The summed E-state index contributed by atoms with van der Waals surface area (Å²) in [6.45, 7) is 3.33. The maximum atomic E-state index is 11.5. The zero-order valence-electron chi connectivity index (χ0n) is 12.6. The first kappa shape index (κ1) is 15.2. The van der Waals surface area contributed by atoms with Gasteiger partial charge in [0.25, 0.3) is 5.91 Å². The van der Waals surface area contributed by atoms with Gasteiger partial charge < -0.3 is 9.73 Å². The standard InChI is InChI=1S/C15H20N4O2/c1-4-13-17-18-14(21-13)10-19(3)9-11-5-7-12(8-6-11)15(20)16-2/h5-8H,4,9-10H2,1-3H3,(H,16,20). The Bertz CT molecular complexity index is 592. The molecule has 1 heterocycles. The van der Waals surface area contributed by atoms with Gasteiger partial charge in [-0.1, -0.05) is 19.1 Å². The number of carbonyl (C=O) groups excluding carboxylic acids is 1. The van der Waals surface area contributed by atoms with Crippen LogP contribution in [0.1, 0.15) is 34.6 Å². The summed E-state index contributed by atoms with van der Waals surface area (Å²) in [6.07, 6.45) is 0.748. The first-order valence-corrected chi connectivity index (χ1v) is 6.93. The summed E-state index contributed by atoms with van der Waals surface area (Å²) in [5, 5.41) is 10.6. The molecule has 0 radical (unpaired) electrons. The third kappa shape index (κ3) is 4.13. The van der Waals surface area contributed by atoms with Gasteiger partial charge in [-0.25, -0.2) is 0 Å². The lowest BCUT2D eigenvalue weighted by molar-refractivity contribution is 0.0963. The van der Waals surface area contributed by atoms with Crippen LogP contribution in [0.2, 0.25) is 0 Å². The molecule has 2 rings (SSSR count). The average molecular weight is 288 g/mol. The topological polar surface area (TPSA) is 71.3 Å². The largest absolute Gasteiger partial charge is 0.424 e. The highest BCUT2D eigenvalue weighted by molar-refractivity contribution is 5.93. The van der Waals surface area contributed by atoms with Gasteiger partial charge in [-0.3, -0.25) is 9.69 Å². The number of aryl methyl sites for hydroxylation is 1. The molecule has 21 heavy (non-hydrogen) atoms. The summed E-state index contributed by atoms with van der Waals surface area (Å²) in [6, 6.07) is 7.55. The van der Waals surface area contributed by atoms with E-state index in [4.69, 9.17) is 4.42 Å². The number of aromatic nitrogens is 2. The molecule has 0 atom stereocenters. The lowest BCUT2D eigenvalue weighted by atomic mass is 10.1. The molecule has 0 aliphatic rings. The molecule has 0 aliphatic heterocycles. The van der Waals surface area contributed by atoms with E-state index >= 15 is 0 Å². The third-order valence-corrected chi connectivity index (χ3v) is 3.11. The molecular weight excluding hydrogens is 268 g/mol. The molecule has 0 spiro atoms. The van der Waals surface area contributed by atoms with Crippen molar-refractivity contribution < 1.29 is 9.21 Å². The number of nitrogens with zero attached hydrogens (tertiary/aromatic N) is 3. The Morgan fingerprint density at radius 2 is 1.86 bits per heavy atom. The molecule has 0 aliphatic carbocycles. The molecule has 2 aromatic rings. The number of benzene rings is 1. The van der Waals surface area contributed by atoms with E-state index in [0.717, 1.165) is 18.5 Å². The van der Waals surface area contributed by atoms with E-state index in [9.17, 15) is 4.79 Å². The minimum atomic E-state index is -0.0761. The van der Waals surface area contributed by atoms with Crippen LogP contribution in [0.3, 0.4) is 0 Å². The van der Waals surface area contributed by atoms with Crippen LogP contribution in [0.25, 0.3) is 0 Å². The summed E-state index contributed by atoms with van der Waals surface area (Å²) in [5.74, 6) is 1.21. The third-order valence-electron chi connectivity index (χ3n) is 3.11. The van der Waals surface area contributed by atoms with Crippen LogP contribution < -0.4 is 5.32 Å². The second-order valence-electron chi connectivity index (χ2n) is 4.89. The maximum Gasteiger partial charge on any atom is 0.251 e. The summed E-state index contributed by atoms with van der Waals surface area (Å²) < 4.78 is 5.49. The quantitative estimate of drug-likeness (QED) is 0.874. The molecule has 0 fully saturated rings. The number of hydrogen-bond acceptors (Lipinski definition) is 5. The summed E-state index contributed by atoms with van der Waals surface area (Å²) in [4.78, 5) is 13.6. The minimum absolute atomic E-state index is 0.0761. The molecule has 0 bridgehead atoms. The van der Waals surface area contributed by atoms with E-state index in [1.807, 2.05) is 38.2 Å². The van der Waals surface area contributed by atoms with Gasteiger partial charge in [0.1, 0.15) is 0 Å². The van der Waals surface area contributed by atoms with Crippen molar-refractivity contribution in [3.05, 3.63) is 47.2 Å². The van der Waals surface area contributed by atoms with E-state index in [1.165, 1.54) is 0 Å².